The number of aryl methyl sites for hydroxylation is 1. The molecule has 108 valence electrons. The van der Waals surface area contributed by atoms with Crippen molar-refractivity contribution in [2.45, 2.75) is 13.5 Å². The van der Waals surface area contributed by atoms with Gasteiger partial charge >= 0.3 is 5.97 Å². The Morgan fingerprint density at radius 2 is 1.90 bits per heavy atom. The minimum atomic E-state index is -0.968. The SMILES string of the molecule is Cc1ccc([N+](=O)[O-])cc1NCc1ccc(C(=O)O)cc1. The van der Waals surface area contributed by atoms with E-state index in [1.54, 1.807) is 18.2 Å². The van der Waals surface area contributed by atoms with E-state index in [-0.39, 0.29) is 11.3 Å². The molecular weight excluding hydrogens is 272 g/mol. The first kappa shape index (κ1) is 14.5. The summed E-state index contributed by atoms with van der Waals surface area (Å²) in [5.74, 6) is -0.968. The lowest BCUT2D eigenvalue weighted by atomic mass is 10.1. The van der Waals surface area contributed by atoms with E-state index in [0.717, 1.165) is 11.1 Å². The summed E-state index contributed by atoms with van der Waals surface area (Å²) < 4.78 is 0. The molecule has 0 unspecified atom stereocenters. The van der Waals surface area contributed by atoms with Gasteiger partial charge in [0.2, 0.25) is 0 Å². The van der Waals surface area contributed by atoms with Crippen LogP contribution < -0.4 is 5.32 Å². The van der Waals surface area contributed by atoms with Crippen molar-refractivity contribution in [3.05, 3.63) is 69.3 Å². The van der Waals surface area contributed by atoms with Crippen molar-refractivity contribution >= 4 is 17.3 Å². The van der Waals surface area contributed by atoms with Crippen molar-refractivity contribution in [2.75, 3.05) is 5.32 Å². The topological polar surface area (TPSA) is 92.5 Å². The van der Waals surface area contributed by atoms with Crippen LogP contribution in [0.5, 0.6) is 0 Å². The molecule has 0 atom stereocenters. The number of rotatable bonds is 5. The standard InChI is InChI=1S/C15H14N2O4/c1-10-2-7-13(17(20)21)8-14(10)16-9-11-3-5-12(6-4-11)15(18)19/h2-8,16H,9H2,1H3,(H,18,19). The zero-order valence-corrected chi connectivity index (χ0v) is 11.4. The Labute approximate surface area is 121 Å². The highest BCUT2D eigenvalue weighted by atomic mass is 16.6. The minimum absolute atomic E-state index is 0.0318. The summed E-state index contributed by atoms with van der Waals surface area (Å²) in [4.78, 5) is 21.1. The number of nitrogens with zero attached hydrogens (tertiary/aromatic N) is 1. The highest BCUT2D eigenvalue weighted by Crippen LogP contribution is 2.22. The Balaban J connectivity index is 2.10. The second-order valence-corrected chi connectivity index (χ2v) is 4.61. The molecule has 0 fully saturated rings. The van der Waals surface area contributed by atoms with Crippen LogP contribution in [-0.2, 0) is 6.54 Å². The van der Waals surface area contributed by atoms with Gasteiger partial charge in [-0.1, -0.05) is 18.2 Å². The Bertz CT molecular complexity index is 681. The summed E-state index contributed by atoms with van der Waals surface area (Å²) in [7, 11) is 0. The Hall–Kier alpha value is -2.89. The van der Waals surface area contributed by atoms with Crippen LogP contribution in [0.3, 0.4) is 0 Å². The molecule has 0 saturated carbocycles. The fourth-order valence-electron chi connectivity index (χ4n) is 1.88. The van der Waals surface area contributed by atoms with E-state index >= 15 is 0 Å². The predicted octanol–water partition coefficient (Wildman–Crippen LogP) is 3.21. The maximum atomic E-state index is 10.8. The lowest BCUT2D eigenvalue weighted by molar-refractivity contribution is -0.384. The molecule has 0 aliphatic heterocycles. The van der Waals surface area contributed by atoms with Gasteiger partial charge in [0, 0.05) is 24.4 Å². The smallest absolute Gasteiger partial charge is 0.335 e. The lowest BCUT2D eigenvalue weighted by Gasteiger charge is -2.09. The molecule has 6 heteroatoms. The first-order chi connectivity index (χ1) is 9.97. The number of hydrogen-bond donors (Lipinski definition) is 2. The van der Waals surface area contributed by atoms with Gasteiger partial charge in [-0.05, 0) is 30.2 Å². The Morgan fingerprint density at radius 1 is 1.24 bits per heavy atom. The molecule has 0 aliphatic carbocycles. The van der Waals surface area contributed by atoms with Gasteiger partial charge < -0.3 is 10.4 Å². The van der Waals surface area contributed by atoms with E-state index in [1.807, 2.05) is 6.92 Å². The molecule has 0 aliphatic rings. The van der Waals surface area contributed by atoms with Crippen LogP contribution >= 0.6 is 0 Å². The van der Waals surface area contributed by atoms with Crippen molar-refractivity contribution in [1.82, 2.24) is 0 Å². The van der Waals surface area contributed by atoms with Gasteiger partial charge in [0.1, 0.15) is 0 Å². The first-order valence-corrected chi connectivity index (χ1v) is 6.28. The van der Waals surface area contributed by atoms with E-state index in [9.17, 15) is 14.9 Å². The lowest BCUT2D eigenvalue weighted by Crippen LogP contribution is -2.03. The number of carbonyl (C=O) groups is 1. The van der Waals surface area contributed by atoms with Crippen LogP contribution in [0.15, 0.2) is 42.5 Å². The summed E-state index contributed by atoms with van der Waals surface area (Å²) >= 11 is 0. The molecule has 2 aromatic rings. The number of anilines is 1. The van der Waals surface area contributed by atoms with Gasteiger partial charge in [-0.25, -0.2) is 4.79 Å². The molecule has 6 nitrogen and oxygen atoms in total. The third kappa shape index (κ3) is 3.56. The third-order valence-corrected chi connectivity index (χ3v) is 3.12. The van der Waals surface area contributed by atoms with Gasteiger partial charge in [-0.2, -0.15) is 0 Å². The van der Waals surface area contributed by atoms with Crippen molar-refractivity contribution < 1.29 is 14.8 Å². The maximum Gasteiger partial charge on any atom is 0.335 e. The fourth-order valence-corrected chi connectivity index (χ4v) is 1.88. The van der Waals surface area contributed by atoms with Crippen LogP contribution in [0.4, 0.5) is 11.4 Å². The number of nitro benzene ring substituents is 1. The quantitative estimate of drug-likeness (QED) is 0.650. The monoisotopic (exact) mass is 286 g/mol. The van der Waals surface area contributed by atoms with Crippen LogP contribution in [0, 0.1) is 17.0 Å². The van der Waals surface area contributed by atoms with Crippen molar-refractivity contribution in [3.63, 3.8) is 0 Å². The molecule has 0 amide bonds. The van der Waals surface area contributed by atoms with Gasteiger partial charge in [-0.15, -0.1) is 0 Å². The average molecular weight is 286 g/mol. The number of nitro groups is 1. The third-order valence-electron chi connectivity index (χ3n) is 3.12. The summed E-state index contributed by atoms with van der Waals surface area (Å²) in [6.07, 6.45) is 0. The van der Waals surface area contributed by atoms with E-state index in [1.165, 1.54) is 24.3 Å². The molecule has 0 aromatic heterocycles. The molecule has 2 N–H and O–H groups in total. The second-order valence-electron chi connectivity index (χ2n) is 4.61. The maximum absolute atomic E-state index is 10.8. The highest BCUT2D eigenvalue weighted by molar-refractivity contribution is 5.87. The van der Waals surface area contributed by atoms with E-state index in [4.69, 9.17) is 5.11 Å². The first-order valence-electron chi connectivity index (χ1n) is 6.28. The fraction of sp³-hybridized carbons (Fsp3) is 0.133. The summed E-state index contributed by atoms with van der Waals surface area (Å²) in [5.41, 5.74) is 2.75. The molecule has 0 radical (unpaired) electrons. The average Bonchev–Trinajstić information content (AvgIpc) is 2.46. The molecule has 21 heavy (non-hydrogen) atoms. The van der Waals surface area contributed by atoms with Crippen molar-refractivity contribution in [2.24, 2.45) is 0 Å². The largest absolute Gasteiger partial charge is 0.478 e. The van der Waals surface area contributed by atoms with E-state index < -0.39 is 10.9 Å². The van der Waals surface area contributed by atoms with Crippen molar-refractivity contribution in [3.8, 4) is 0 Å². The van der Waals surface area contributed by atoms with Gasteiger partial charge in [0.15, 0.2) is 0 Å². The van der Waals surface area contributed by atoms with Gasteiger partial charge in [-0.3, -0.25) is 10.1 Å². The number of carboxylic acid groups (broad SMARTS) is 1. The summed E-state index contributed by atoms with van der Waals surface area (Å²) in [6.45, 7) is 2.32. The van der Waals surface area contributed by atoms with E-state index in [0.29, 0.717) is 12.2 Å². The molecule has 0 heterocycles. The Kier molecular flexibility index (Phi) is 4.18. The number of carboxylic acids is 1. The molecule has 0 saturated heterocycles. The zero-order valence-electron chi connectivity index (χ0n) is 11.4. The normalized spacial score (nSPS) is 10.1. The number of non-ortho nitro benzene ring substituents is 1. The van der Waals surface area contributed by atoms with Crippen LogP contribution in [0.1, 0.15) is 21.5 Å². The van der Waals surface area contributed by atoms with Crippen LogP contribution in [0.25, 0.3) is 0 Å². The molecule has 0 bridgehead atoms. The highest BCUT2D eigenvalue weighted by Gasteiger charge is 2.08. The molecule has 2 aromatic carbocycles. The molecule has 0 spiro atoms. The second kappa shape index (κ2) is 6.04. The number of aromatic carboxylic acids is 1. The molecule has 2 rings (SSSR count). The predicted molar refractivity (Wildman–Crippen MR) is 78.6 cm³/mol. The summed E-state index contributed by atoms with van der Waals surface area (Å²) in [6, 6.07) is 11.1. The number of hydrogen-bond acceptors (Lipinski definition) is 4. The molecular formula is C15H14N2O4. The summed E-state index contributed by atoms with van der Waals surface area (Å²) in [5, 5.41) is 22.7. The van der Waals surface area contributed by atoms with Crippen LogP contribution in [-0.4, -0.2) is 16.0 Å². The van der Waals surface area contributed by atoms with Gasteiger partial charge in [0.25, 0.3) is 5.69 Å². The van der Waals surface area contributed by atoms with Crippen LogP contribution in [0.2, 0.25) is 0 Å². The van der Waals surface area contributed by atoms with Gasteiger partial charge in [0.05, 0.1) is 10.5 Å². The Morgan fingerprint density at radius 3 is 2.48 bits per heavy atom. The zero-order chi connectivity index (χ0) is 15.4. The van der Waals surface area contributed by atoms with Crippen molar-refractivity contribution in [1.29, 1.82) is 0 Å². The minimum Gasteiger partial charge on any atom is -0.478 e. The number of benzene rings is 2. The number of nitrogens with one attached hydrogen (secondary N) is 1. The van der Waals surface area contributed by atoms with E-state index in [2.05, 4.69) is 5.32 Å².